The van der Waals surface area contributed by atoms with Gasteiger partial charge in [-0.15, -0.1) is 17.9 Å². The van der Waals surface area contributed by atoms with E-state index in [1.54, 1.807) is 19.1 Å². The van der Waals surface area contributed by atoms with Crippen LogP contribution in [0.2, 0.25) is 0 Å². The number of benzene rings is 1. The van der Waals surface area contributed by atoms with Gasteiger partial charge in [-0.2, -0.15) is 4.31 Å². The molecule has 0 saturated carbocycles. The van der Waals surface area contributed by atoms with Gasteiger partial charge in [0.25, 0.3) is 5.91 Å². The summed E-state index contributed by atoms with van der Waals surface area (Å²) in [7, 11) is -3.71. The minimum Gasteiger partial charge on any atom is -0.451 e. The standard InChI is InChI=1S/C20H24N4O6S2/c1-3-6-21-20-23-17(13-31-20)19(26)30-12-18(25)22-16-11-15(5-4-14(16)2)32(27,28)24-7-9-29-10-8-24/h3-5,11,13H,1,6-10,12H2,2H3,(H,21,23)(H,22,25). The van der Waals surface area contributed by atoms with Gasteiger partial charge < -0.3 is 20.1 Å². The topological polar surface area (TPSA) is 127 Å². The number of ether oxygens (including phenoxy) is 2. The molecule has 0 bridgehead atoms. The van der Waals surface area contributed by atoms with Gasteiger partial charge in [-0.1, -0.05) is 12.1 Å². The highest BCUT2D eigenvalue weighted by atomic mass is 32.2. The number of anilines is 2. The third kappa shape index (κ3) is 5.91. The summed E-state index contributed by atoms with van der Waals surface area (Å²) in [5.41, 5.74) is 1.08. The fourth-order valence-electron chi connectivity index (χ4n) is 2.83. The molecule has 12 heteroatoms. The molecule has 32 heavy (non-hydrogen) atoms. The lowest BCUT2D eigenvalue weighted by Crippen LogP contribution is -2.40. The van der Waals surface area contributed by atoms with Crippen LogP contribution in [-0.2, 0) is 24.3 Å². The van der Waals surface area contributed by atoms with Crippen molar-refractivity contribution in [2.45, 2.75) is 11.8 Å². The molecule has 1 amide bonds. The fraction of sp³-hybridized carbons (Fsp3) is 0.350. The number of esters is 1. The van der Waals surface area contributed by atoms with E-state index in [0.717, 1.165) is 0 Å². The fourth-order valence-corrected chi connectivity index (χ4v) is 4.96. The summed E-state index contributed by atoms with van der Waals surface area (Å²) >= 11 is 1.23. The second kappa shape index (κ2) is 10.7. The Morgan fingerprint density at radius 3 is 2.81 bits per heavy atom. The Morgan fingerprint density at radius 1 is 1.34 bits per heavy atom. The van der Waals surface area contributed by atoms with Crippen LogP contribution >= 0.6 is 11.3 Å². The first-order valence-corrected chi connectivity index (χ1v) is 12.1. The minimum atomic E-state index is -3.71. The van der Waals surface area contributed by atoms with E-state index in [-0.39, 0.29) is 23.7 Å². The Morgan fingerprint density at radius 2 is 2.09 bits per heavy atom. The number of amides is 1. The highest BCUT2D eigenvalue weighted by Crippen LogP contribution is 2.24. The van der Waals surface area contributed by atoms with Gasteiger partial charge in [-0.3, -0.25) is 4.79 Å². The molecule has 1 saturated heterocycles. The van der Waals surface area contributed by atoms with Crippen molar-refractivity contribution in [3.8, 4) is 0 Å². The van der Waals surface area contributed by atoms with Crippen molar-refractivity contribution in [1.82, 2.24) is 9.29 Å². The highest BCUT2D eigenvalue weighted by Gasteiger charge is 2.27. The molecule has 0 radical (unpaired) electrons. The van der Waals surface area contributed by atoms with Gasteiger partial charge >= 0.3 is 5.97 Å². The second-order valence-corrected chi connectivity index (χ2v) is 9.62. The van der Waals surface area contributed by atoms with E-state index < -0.39 is 28.5 Å². The van der Waals surface area contributed by atoms with Gasteiger partial charge in [0, 0.05) is 30.7 Å². The average molecular weight is 481 g/mol. The van der Waals surface area contributed by atoms with Crippen LogP contribution < -0.4 is 10.6 Å². The molecule has 1 aromatic carbocycles. The first kappa shape index (κ1) is 23.9. The van der Waals surface area contributed by atoms with Crippen LogP contribution in [0.25, 0.3) is 0 Å². The summed E-state index contributed by atoms with van der Waals surface area (Å²) in [5, 5.41) is 7.62. The molecule has 172 valence electrons. The molecule has 1 fully saturated rings. The van der Waals surface area contributed by atoms with E-state index in [1.165, 1.54) is 33.2 Å². The summed E-state index contributed by atoms with van der Waals surface area (Å²) in [4.78, 5) is 28.6. The molecule has 1 aromatic heterocycles. The molecular weight excluding hydrogens is 456 g/mol. The number of carbonyl (C=O) groups excluding carboxylic acids is 2. The molecule has 2 heterocycles. The summed E-state index contributed by atoms with van der Waals surface area (Å²) < 4.78 is 37.3. The molecule has 0 unspecified atom stereocenters. The number of aromatic nitrogens is 1. The van der Waals surface area contributed by atoms with Crippen molar-refractivity contribution >= 4 is 44.1 Å². The zero-order chi connectivity index (χ0) is 23.1. The monoisotopic (exact) mass is 480 g/mol. The summed E-state index contributed by atoms with van der Waals surface area (Å²) in [6, 6.07) is 4.51. The molecular formula is C20H24N4O6S2. The molecule has 0 atom stereocenters. The number of hydrogen-bond acceptors (Lipinski definition) is 9. The average Bonchev–Trinajstić information content (AvgIpc) is 3.27. The lowest BCUT2D eigenvalue weighted by atomic mass is 10.2. The number of carbonyl (C=O) groups is 2. The lowest BCUT2D eigenvalue weighted by molar-refractivity contribution is -0.119. The number of nitrogens with one attached hydrogen (secondary N) is 2. The van der Waals surface area contributed by atoms with Crippen molar-refractivity contribution in [2.75, 3.05) is 50.1 Å². The van der Waals surface area contributed by atoms with Crippen molar-refractivity contribution < 1.29 is 27.5 Å². The van der Waals surface area contributed by atoms with Crippen molar-refractivity contribution in [3.05, 3.63) is 47.5 Å². The summed E-state index contributed by atoms with van der Waals surface area (Å²) in [6.45, 7) is 6.51. The van der Waals surface area contributed by atoms with E-state index in [1.807, 2.05) is 0 Å². The maximum Gasteiger partial charge on any atom is 0.358 e. The van der Waals surface area contributed by atoms with Crippen LogP contribution in [-0.4, -0.2) is 69.0 Å². The zero-order valence-corrected chi connectivity index (χ0v) is 19.1. The third-order valence-electron chi connectivity index (χ3n) is 4.54. The second-order valence-electron chi connectivity index (χ2n) is 6.82. The Kier molecular flexibility index (Phi) is 7.96. The Hall–Kier alpha value is -2.80. The molecule has 1 aliphatic heterocycles. The van der Waals surface area contributed by atoms with Crippen LogP contribution in [0.1, 0.15) is 16.1 Å². The van der Waals surface area contributed by atoms with E-state index in [9.17, 15) is 18.0 Å². The normalized spacial score (nSPS) is 14.5. The van der Waals surface area contributed by atoms with Crippen LogP contribution in [0, 0.1) is 6.92 Å². The summed E-state index contributed by atoms with van der Waals surface area (Å²) in [6.07, 6.45) is 1.66. The Balaban J connectivity index is 1.61. The van der Waals surface area contributed by atoms with Gasteiger partial charge in [0.05, 0.1) is 18.1 Å². The Bertz CT molecular complexity index is 1090. The van der Waals surface area contributed by atoms with E-state index in [0.29, 0.717) is 36.1 Å². The number of aryl methyl sites for hydroxylation is 1. The minimum absolute atomic E-state index is 0.0688. The molecule has 3 rings (SSSR count). The smallest absolute Gasteiger partial charge is 0.358 e. The van der Waals surface area contributed by atoms with Gasteiger partial charge in [0.2, 0.25) is 10.0 Å². The first-order valence-electron chi connectivity index (χ1n) is 9.77. The van der Waals surface area contributed by atoms with E-state index >= 15 is 0 Å². The van der Waals surface area contributed by atoms with Crippen LogP contribution in [0.5, 0.6) is 0 Å². The number of hydrogen-bond donors (Lipinski definition) is 2. The van der Waals surface area contributed by atoms with Gasteiger partial charge in [0.1, 0.15) is 0 Å². The van der Waals surface area contributed by atoms with Crippen molar-refractivity contribution in [3.63, 3.8) is 0 Å². The van der Waals surface area contributed by atoms with Crippen LogP contribution in [0.15, 0.2) is 41.1 Å². The van der Waals surface area contributed by atoms with E-state index in [4.69, 9.17) is 9.47 Å². The number of nitrogens with zero attached hydrogens (tertiary/aromatic N) is 2. The van der Waals surface area contributed by atoms with Crippen LogP contribution in [0.3, 0.4) is 0 Å². The first-order chi connectivity index (χ1) is 15.3. The van der Waals surface area contributed by atoms with Gasteiger partial charge in [-0.05, 0) is 24.6 Å². The van der Waals surface area contributed by atoms with Gasteiger partial charge in [-0.25, -0.2) is 18.2 Å². The quantitative estimate of drug-likeness (QED) is 0.411. The highest BCUT2D eigenvalue weighted by molar-refractivity contribution is 7.89. The molecule has 1 aliphatic rings. The molecule has 10 nitrogen and oxygen atoms in total. The number of thiazole rings is 1. The predicted molar refractivity (Wildman–Crippen MR) is 120 cm³/mol. The molecule has 2 N–H and O–H groups in total. The maximum absolute atomic E-state index is 12.8. The molecule has 0 aliphatic carbocycles. The molecule has 0 spiro atoms. The Labute approximate surface area is 190 Å². The largest absolute Gasteiger partial charge is 0.451 e. The van der Waals surface area contributed by atoms with E-state index in [2.05, 4.69) is 22.2 Å². The van der Waals surface area contributed by atoms with Gasteiger partial charge in [0.15, 0.2) is 17.4 Å². The SMILES string of the molecule is C=CCNc1nc(C(=O)OCC(=O)Nc2cc(S(=O)(=O)N3CCOCC3)ccc2C)cs1. The van der Waals surface area contributed by atoms with Crippen molar-refractivity contribution in [1.29, 1.82) is 0 Å². The summed E-state index contributed by atoms with van der Waals surface area (Å²) in [5.74, 6) is -1.33. The lowest BCUT2D eigenvalue weighted by Gasteiger charge is -2.26. The maximum atomic E-state index is 12.8. The third-order valence-corrected chi connectivity index (χ3v) is 7.23. The predicted octanol–water partition coefficient (Wildman–Crippen LogP) is 1.87. The zero-order valence-electron chi connectivity index (χ0n) is 17.5. The molecule has 2 aromatic rings. The number of sulfonamides is 1. The number of rotatable bonds is 9. The van der Waals surface area contributed by atoms with Crippen LogP contribution in [0.4, 0.5) is 10.8 Å². The van der Waals surface area contributed by atoms with Crippen molar-refractivity contribution in [2.24, 2.45) is 0 Å². The number of morpholine rings is 1.